The molecule has 0 bridgehead atoms. The lowest BCUT2D eigenvalue weighted by Crippen LogP contribution is -2.38. The van der Waals surface area contributed by atoms with Gasteiger partial charge >= 0.3 is 5.97 Å². The second-order valence-corrected chi connectivity index (χ2v) is 7.11. The smallest absolute Gasteiger partial charge is 0.329 e. The topological polar surface area (TPSA) is 107 Å². The van der Waals surface area contributed by atoms with E-state index < -0.39 is 5.97 Å². The first-order chi connectivity index (χ1) is 15.4. The zero-order chi connectivity index (χ0) is 23.1. The molecule has 0 spiro atoms. The molecule has 0 fully saturated rings. The number of amidine groups is 1. The molecule has 0 saturated carbocycles. The molecule has 8 nitrogen and oxygen atoms in total. The number of hydrogen-bond donors (Lipinski definition) is 3. The Labute approximate surface area is 185 Å². The maximum atomic E-state index is 13.5. The van der Waals surface area contributed by atoms with Gasteiger partial charge in [-0.05, 0) is 55.7 Å². The van der Waals surface area contributed by atoms with Crippen LogP contribution in [0.5, 0.6) is 0 Å². The van der Waals surface area contributed by atoms with E-state index in [0.29, 0.717) is 30.2 Å². The van der Waals surface area contributed by atoms with E-state index in [9.17, 15) is 9.18 Å². The summed E-state index contributed by atoms with van der Waals surface area (Å²) < 4.78 is 13.5. The first kappa shape index (κ1) is 22.7. The fourth-order valence-corrected chi connectivity index (χ4v) is 3.21. The third kappa shape index (κ3) is 5.79. The summed E-state index contributed by atoms with van der Waals surface area (Å²) in [6.45, 7) is 4.16. The molecule has 0 atom stereocenters. The van der Waals surface area contributed by atoms with Crippen LogP contribution in [0.25, 0.3) is 0 Å². The van der Waals surface area contributed by atoms with Crippen molar-refractivity contribution in [3.63, 3.8) is 0 Å². The van der Waals surface area contributed by atoms with Crippen LogP contribution < -0.4 is 11.3 Å². The van der Waals surface area contributed by atoms with Crippen molar-refractivity contribution in [1.29, 1.82) is 0 Å². The summed E-state index contributed by atoms with van der Waals surface area (Å²) in [6, 6.07) is 6.35. The number of rotatable bonds is 6. The molecule has 0 amide bonds. The molecule has 1 aromatic carbocycles. The zero-order valence-corrected chi connectivity index (χ0v) is 17.9. The predicted octanol–water partition coefficient (Wildman–Crippen LogP) is 3.37. The molecule has 0 saturated heterocycles. The molecular formula is C23H25FN6O2. The Morgan fingerprint density at radius 2 is 2.25 bits per heavy atom. The molecule has 1 aliphatic heterocycles. The van der Waals surface area contributed by atoms with Gasteiger partial charge in [0.2, 0.25) is 0 Å². The number of benzene rings is 1. The summed E-state index contributed by atoms with van der Waals surface area (Å²) >= 11 is 0. The van der Waals surface area contributed by atoms with Crippen molar-refractivity contribution in [2.24, 2.45) is 15.8 Å². The van der Waals surface area contributed by atoms with Crippen LogP contribution in [0.4, 0.5) is 4.39 Å². The van der Waals surface area contributed by atoms with E-state index >= 15 is 0 Å². The third-order valence-electron chi connectivity index (χ3n) is 4.76. The highest BCUT2D eigenvalue weighted by atomic mass is 19.1. The number of hydrazine groups is 2. The number of hydrogen-bond acceptors (Lipinski definition) is 6. The minimum absolute atomic E-state index is 0.299. The molecule has 4 N–H and O–H groups in total. The molecule has 0 radical (unpaired) electrons. The minimum atomic E-state index is -1.06. The second kappa shape index (κ2) is 10.4. The van der Waals surface area contributed by atoms with Crippen LogP contribution in [0.1, 0.15) is 25.8 Å². The number of carbonyl (C=O) groups is 1. The molecule has 1 aromatic rings. The van der Waals surface area contributed by atoms with Gasteiger partial charge in [-0.25, -0.2) is 25.0 Å². The summed E-state index contributed by atoms with van der Waals surface area (Å²) in [4.78, 5) is 19.8. The molecule has 0 unspecified atom stereocenters. The molecular weight excluding hydrogens is 411 g/mol. The largest absolute Gasteiger partial charge is 0.478 e. The van der Waals surface area contributed by atoms with Crippen LogP contribution in [0.2, 0.25) is 0 Å². The second-order valence-electron chi connectivity index (χ2n) is 7.11. The summed E-state index contributed by atoms with van der Waals surface area (Å²) in [5.41, 5.74) is 6.80. The summed E-state index contributed by atoms with van der Waals surface area (Å²) in [5, 5.41) is 12.0. The number of carboxylic acid groups (broad SMARTS) is 1. The van der Waals surface area contributed by atoms with Gasteiger partial charge in [0.1, 0.15) is 17.9 Å². The number of allylic oxidation sites excluding steroid dienone is 5. The number of aliphatic imine (C=N–C) groups is 2. The van der Waals surface area contributed by atoms with Gasteiger partial charge in [-0.15, -0.1) is 0 Å². The number of carboxylic acids is 1. The normalized spacial score (nSPS) is 18.9. The molecule has 32 heavy (non-hydrogen) atoms. The Bertz CT molecular complexity index is 1100. The summed E-state index contributed by atoms with van der Waals surface area (Å²) in [6.07, 6.45) is 11.9. The lowest BCUT2D eigenvalue weighted by Gasteiger charge is -2.25. The lowest BCUT2D eigenvalue weighted by atomic mass is 10.1. The van der Waals surface area contributed by atoms with Crippen molar-refractivity contribution < 1.29 is 14.3 Å². The van der Waals surface area contributed by atoms with Crippen LogP contribution in [0, 0.1) is 5.82 Å². The first-order valence-electron chi connectivity index (χ1n) is 9.96. The maximum absolute atomic E-state index is 13.5. The minimum Gasteiger partial charge on any atom is -0.478 e. The Morgan fingerprint density at radius 3 is 2.97 bits per heavy atom. The van der Waals surface area contributed by atoms with Gasteiger partial charge in [-0.2, -0.15) is 0 Å². The van der Waals surface area contributed by atoms with Crippen LogP contribution in [-0.4, -0.2) is 33.3 Å². The van der Waals surface area contributed by atoms with Crippen LogP contribution in [0.15, 0.2) is 93.5 Å². The summed E-state index contributed by atoms with van der Waals surface area (Å²) in [7, 11) is 0. The highest BCUT2D eigenvalue weighted by Gasteiger charge is 2.17. The number of aliphatic carboxylic acids is 1. The molecule has 9 heteroatoms. The number of halogens is 1. The highest BCUT2D eigenvalue weighted by molar-refractivity contribution is 6.04. The van der Waals surface area contributed by atoms with Crippen molar-refractivity contribution in [1.82, 2.24) is 15.4 Å². The van der Waals surface area contributed by atoms with Crippen molar-refractivity contribution in [3.8, 4) is 0 Å². The Balaban J connectivity index is 1.78. The van der Waals surface area contributed by atoms with Gasteiger partial charge in [-0.3, -0.25) is 10.4 Å². The lowest BCUT2D eigenvalue weighted by molar-refractivity contribution is -0.131. The van der Waals surface area contributed by atoms with E-state index in [1.54, 1.807) is 17.2 Å². The summed E-state index contributed by atoms with van der Waals surface area (Å²) in [5.74, 6) is 5.35. The Hall–Kier alpha value is -3.98. The standard InChI is InChI=1S/C23H25FN6O2/c1-3-20-23(26-15-27-30(20)12-11-22(31)32)28-19-8-7-16(2)21(10-9-19)29(25)14-17-5-4-6-18(24)13-17/h3-6,8-13,15H,7,14,25H2,1-2H3,(H,31,32)(H,26,27,28)/b12-11+,20-3+. The predicted molar refractivity (Wildman–Crippen MR) is 122 cm³/mol. The number of nitrogens with one attached hydrogen (secondary N) is 1. The van der Waals surface area contributed by atoms with Crippen molar-refractivity contribution in [2.45, 2.75) is 26.8 Å². The fourth-order valence-electron chi connectivity index (χ4n) is 3.21. The van der Waals surface area contributed by atoms with Gasteiger partial charge in [0, 0.05) is 12.3 Å². The van der Waals surface area contributed by atoms with E-state index in [1.165, 1.54) is 29.7 Å². The van der Waals surface area contributed by atoms with E-state index in [1.807, 2.05) is 38.1 Å². The van der Waals surface area contributed by atoms with Gasteiger partial charge in [0.15, 0.2) is 5.84 Å². The molecule has 3 rings (SSSR count). The molecule has 166 valence electrons. The number of nitrogens with two attached hydrogens (primary N) is 1. The monoisotopic (exact) mass is 436 g/mol. The van der Waals surface area contributed by atoms with Crippen molar-refractivity contribution in [3.05, 3.63) is 94.9 Å². The van der Waals surface area contributed by atoms with E-state index in [4.69, 9.17) is 10.9 Å². The van der Waals surface area contributed by atoms with E-state index in [0.717, 1.165) is 22.9 Å². The van der Waals surface area contributed by atoms with Gasteiger partial charge < -0.3 is 10.1 Å². The van der Waals surface area contributed by atoms with E-state index in [2.05, 4.69) is 15.4 Å². The van der Waals surface area contributed by atoms with Crippen molar-refractivity contribution >= 4 is 18.1 Å². The average Bonchev–Trinajstić information content (AvgIpc) is 2.93. The molecule has 1 aliphatic carbocycles. The number of nitrogens with zero attached hydrogens (tertiary/aromatic N) is 4. The van der Waals surface area contributed by atoms with E-state index in [-0.39, 0.29) is 5.82 Å². The molecule has 2 aliphatic rings. The van der Waals surface area contributed by atoms with Crippen LogP contribution in [-0.2, 0) is 11.3 Å². The quantitative estimate of drug-likeness (QED) is 0.359. The first-order valence-corrected chi connectivity index (χ1v) is 9.96. The highest BCUT2D eigenvalue weighted by Crippen LogP contribution is 2.22. The Kier molecular flexibility index (Phi) is 7.35. The average molecular weight is 436 g/mol. The Morgan fingerprint density at radius 1 is 1.44 bits per heavy atom. The van der Waals surface area contributed by atoms with Crippen LogP contribution >= 0.6 is 0 Å². The fraction of sp³-hybridized carbons (Fsp3) is 0.174. The zero-order valence-electron chi connectivity index (χ0n) is 17.9. The molecule has 1 heterocycles. The SMILES string of the molecule is C/C=C1\C(=NC2=CCC(C)=C(N(N)Cc3cccc(F)c3)C=C2)N=CNN1/C=C/C(=O)O. The third-order valence-corrected chi connectivity index (χ3v) is 4.76. The van der Waals surface area contributed by atoms with Gasteiger partial charge in [0.05, 0.1) is 17.9 Å². The van der Waals surface area contributed by atoms with Gasteiger partial charge in [0.25, 0.3) is 0 Å². The van der Waals surface area contributed by atoms with Crippen molar-refractivity contribution in [2.75, 3.05) is 0 Å². The molecule has 0 aromatic heterocycles. The van der Waals surface area contributed by atoms with Crippen LogP contribution in [0.3, 0.4) is 0 Å². The maximum Gasteiger partial charge on any atom is 0.329 e. The van der Waals surface area contributed by atoms with Gasteiger partial charge in [-0.1, -0.05) is 24.3 Å².